The Balaban J connectivity index is 1.71. The Morgan fingerprint density at radius 1 is 1.04 bits per heavy atom. The van der Waals surface area contributed by atoms with Crippen molar-refractivity contribution in [2.45, 2.75) is 0 Å². The van der Waals surface area contributed by atoms with E-state index in [4.69, 9.17) is 13.9 Å². The molecule has 0 saturated heterocycles. The minimum Gasteiger partial charge on any atom is -0.497 e. The molecule has 0 atom stereocenters. The molecule has 0 saturated carbocycles. The number of carbonyl (C=O) groups excluding carboxylic acids is 1. The van der Waals surface area contributed by atoms with Crippen LogP contribution in [0.4, 0.5) is 17.3 Å². The van der Waals surface area contributed by atoms with Crippen LogP contribution in [-0.4, -0.2) is 30.3 Å². The number of aromatic nitrogens is 2. The molecule has 0 aliphatic rings. The molecule has 3 rings (SSSR count). The second-order valence-corrected chi connectivity index (χ2v) is 4.93. The molecule has 0 fully saturated rings. The van der Waals surface area contributed by atoms with Crippen LogP contribution >= 0.6 is 0 Å². The molecular formula is C17H16N4O4. The number of methoxy groups -OCH3 is 2. The number of rotatable bonds is 6. The van der Waals surface area contributed by atoms with Gasteiger partial charge in [0.25, 0.3) is 5.91 Å². The van der Waals surface area contributed by atoms with Gasteiger partial charge in [0.2, 0.25) is 0 Å². The number of hydrogen-bond acceptors (Lipinski definition) is 7. The predicted octanol–water partition coefficient (Wildman–Crippen LogP) is 3.08. The molecule has 3 aromatic rings. The number of ether oxygens (including phenoxy) is 2. The highest BCUT2D eigenvalue weighted by Crippen LogP contribution is 2.30. The molecule has 1 aromatic carbocycles. The second-order valence-electron chi connectivity index (χ2n) is 4.93. The van der Waals surface area contributed by atoms with Crippen LogP contribution in [0.2, 0.25) is 0 Å². The molecule has 0 unspecified atom stereocenters. The van der Waals surface area contributed by atoms with Gasteiger partial charge in [0, 0.05) is 6.07 Å². The Hall–Kier alpha value is -3.55. The maximum atomic E-state index is 11.9. The fourth-order valence-corrected chi connectivity index (χ4v) is 2.10. The van der Waals surface area contributed by atoms with Gasteiger partial charge in [-0.3, -0.25) is 4.79 Å². The van der Waals surface area contributed by atoms with Gasteiger partial charge in [-0.25, -0.2) is 0 Å². The van der Waals surface area contributed by atoms with E-state index in [1.807, 2.05) is 0 Å². The largest absolute Gasteiger partial charge is 0.497 e. The molecule has 0 aliphatic carbocycles. The van der Waals surface area contributed by atoms with Crippen molar-refractivity contribution in [3.63, 3.8) is 0 Å². The van der Waals surface area contributed by atoms with Crippen molar-refractivity contribution in [1.29, 1.82) is 0 Å². The highest BCUT2D eigenvalue weighted by molar-refractivity contribution is 6.01. The van der Waals surface area contributed by atoms with Crippen LogP contribution in [0.1, 0.15) is 10.6 Å². The van der Waals surface area contributed by atoms with Crippen molar-refractivity contribution in [3.8, 4) is 11.5 Å². The Morgan fingerprint density at radius 3 is 2.48 bits per heavy atom. The summed E-state index contributed by atoms with van der Waals surface area (Å²) in [7, 11) is 3.16. The van der Waals surface area contributed by atoms with Crippen LogP contribution in [0.15, 0.2) is 53.1 Å². The zero-order chi connectivity index (χ0) is 17.6. The molecule has 0 bridgehead atoms. The minimum absolute atomic E-state index is 0.199. The van der Waals surface area contributed by atoms with E-state index in [9.17, 15) is 4.79 Å². The summed E-state index contributed by atoms with van der Waals surface area (Å²) in [6, 6.07) is 11.9. The average Bonchev–Trinajstić information content (AvgIpc) is 3.18. The van der Waals surface area contributed by atoms with E-state index in [2.05, 4.69) is 20.8 Å². The van der Waals surface area contributed by atoms with E-state index in [1.54, 1.807) is 56.7 Å². The first-order valence-corrected chi connectivity index (χ1v) is 7.37. The maximum absolute atomic E-state index is 11.9. The van der Waals surface area contributed by atoms with E-state index >= 15 is 0 Å². The molecule has 0 spiro atoms. The first-order valence-electron chi connectivity index (χ1n) is 7.37. The van der Waals surface area contributed by atoms with Crippen molar-refractivity contribution in [1.82, 2.24) is 10.2 Å². The van der Waals surface area contributed by atoms with E-state index in [0.29, 0.717) is 28.8 Å². The van der Waals surface area contributed by atoms with Gasteiger partial charge in [0.15, 0.2) is 17.4 Å². The van der Waals surface area contributed by atoms with Gasteiger partial charge in [-0.15, -0.1) is 10.2 Å². The molecule has 25 heavy (non-hydrogen) atoms. The van der Waals surface area contributed by atoms with Gasteiger partial charge < -0.3 is 24.5 Å². The van der Waals surface area contributed by atoms with Crippen molar-refractivity contribution in [2.75, 3.05) is 24.9 Å². The fourth-order valence-electron chi connectivity index (χ4n) is 2.10. The summed E-state index contributed by atoms with van der Waals surface area (Å²) in [6.07, 6.45) is 1.43. The first kappa shape index (κ1) is 16.3. The number of furan rings is 1. The van der Waals surface area contributed by atoms with E-state index in [0.717, 1.165) is 0 Å². The molecule has 2 aromatic heterocycles. The van der Waals surface area contributed by atoms with Crippen LogP contribution in [0.5, 0.6) is 11.5 Å². The summed E-state index contributed by atoms with van der Waals surface area (Å²) >= 11 is 0. The molecule has 128 valence electrons. The highest BCUT2D eigenvalue weighted by atomic mass is 16.5. The van der Waals surface area contributed by atoms with E-state index < -0.39 is 5.91 Å². The number of nitrogens with one attached hydrogen (secondary N) is 2. The topological polar surface area (TPSA) is 98.5 Å². The second kappa shape index (κ2) is 7.35. The summed E-state index contributed by atoms with van der Waals surface area (Å²) in [5, 5.41) is 13.7. The molecular weight excluding hydrogens is 324 g/mol. The molecule has 0 radical (unpaired) electrons. The SMILES string of the molecule is COc1ccc(OC)c(Nc2ccc(NC(=O)c3ccco3)nn2)c1. The van der Waals surface area contributed by atoms with Gasteiger partial charge in [0.05, 0.1) is 26.2 Å². The first-order chi connectivity index (χ1) is 12.2. The zero-order valence-electron chi connectivity index (χ0n) is 13.6. The Labute approximate surface area is 143 Å². The van der Waals surface area contributed by atoms with Crippen molar-refractivity contribution < 1.29 is 18.7 Å². The average molecular weight is 340 g/mol. The summed E-state index contributed by atoms with van der Waals surface area (Å²) in [4.78, 5) is 11.9. The number of hydrogen-bond donors (Lipinski definition) is 2. The molecule has 0 aliphatic heterocycles. The maximum Gasteiger partial charge on any atom is 0.292 e. The minimum atomic E-state index is -0.394. The summed E-state index contributed by atoms with van der Waals surface area (Å²) < 4.78 is 15.5. The lowest BCUT2D eigenvalue weighted by Crippen LogP contribution is -2.12. The Morgan fingerprint density at radius 2 is 1.84 bits per heavy atom. The van der Waals surface area contributed by atoms with Crippen LogP contribution < -0.4 is 20.1 Å². The van der Waals surface area contributed by atoms with Crippen LogP contribution in [-0.2, 0) is 0 Å². The smallest absolute Gasteiger partial charge is 0.292 e. The molecule has 8 heteroatoms. The lowest BCUT2D eigenvalue weighted by atomic mass is 10.2. The third kappa shape index (κ3) is 3.86. The number of nitrogens with zero attached hydrogens (tertiary/aromatic N) is 2. The predicted molar refractivity (Wildman–Crippen MR) is 91.5 cm³/mol. The normalized spacial score (nSPS) is 10.2. The fraction of sp³-hybridized carbons (Fsp3) is 0.118. The van der Waals surface area contributed by atoms with Crippen molar-refractivity contribution in [3.05, 3.63) is 54.5 Å². The van der Waals surface area contributed by atoms with Crippen LogP contribution in [0, 0.1) is 0 Å². The lowest BCUT2D eigenvalue weighted by molar-refractivity contribution is 0.0996. The lowest BCUT2D eigenvalue weighted by Gasteiger charge is -2.12. The number of benzene rings is 1. The summed E-state index contributed by atoms with van der Waals surface area (Å²) in [6.45, 7) is 0. The van der Waals surface area contributed by atoms with Crippen LogP contribution in [0.3, 0.4) is 0 Å². The zero-order valence-corrected chi connectivity index (χ0v) is 13.6. The molecule has 2 heterocycles. The van der Waals surface area contributed by atoms with Crippen molar-refractivity contribution >= 4 is 23.2 Å². The highest BCUT2D eigenvalue weighted by Gasteiger charge is 2.10. The Kier molecular flexibility index (Phi) is 4.79. The third-order valence-corrected chi connectivity index (χ3v) is 3.32. The van der Waals surface area contributed by atoms with E-state index in [-0.39, 0.29) is 5.76 Å². The number of anilines is 3. The van der Waals surface area contributed by atoms with Gasteiger partial charge >= 0.3 is 0 Å². The number of carbonyl (C=O) groups is 1. The van der Waals surface area contributed by atoms with Crippen molar-refractivity contribution in [2.24, 2.45) is 0 Å². The standard InChI is InChI=1S/C17H16N4O4/c1-23-11-5-6-13(24-2)12(10-11)18-15-7-8-16(21-20-15)19-17(22)14-4-3-9-25-14/h3-10H,1-2H3,(H,18,20)(H,19,21,22). The molecule has 1 amide bonds. The monoisotopic (exact) mass is 340 g/mol. The molecule has 2 N–H and O–H groups in total. The van der Waals surface area contributed by atoms with E-state index in [1.165, 1.54) is 6.26 Å². The third-order valence-electron chi connectivity index (χ3n) is 3.32. The van der Waals surface area contributed by atoms with Gasteiger partial charge in [-0.2, -0.15) is 0 Å². The molecule has 8 nitrogen and oxygen atoms in total. The van der Waals surface area contributed by atoms with Gasteiger partial charge in [-0.05, 0) is 36.4 Å². The van der Waals surface area contributed by atoms with Gasteiger partial charge in [-0.1, -0.05) is 0 Å². The summed E-state index contributed by atoms with van der Waals surface area (Å²) in [5.74, 6) is 1.92. The Bertz CT molecular complexity index is 848. The quantitative estimate of drug-likeness (QED) is 0.711. The number of amides is 1. The van der Waals surface area contributed by atoms with Crippen LogP contribution in [0.25, 0.3) is 0 Å². The van der Waals surface area contributed by atoms with Gasteiger partial charge in [0.1, 0.15) is 11.5 Å². The summed E-state index contributed by atoms with van der Waals surface area (Å²) in [5.41, 5.74) is 0.684.